The van der Waals surface area contributed by atoms with Gasteiger partial charge in [-0.2, -0.15) is 0 Å². The summed E-state index contributed by atoms with van der Waals surface area (Å²) >= 11 is 0. The highest BCUT2D eigenvalue weighted by molar-refractivity contribution is 5.87. The number of anilines is 1. The number of fused-ring (bicyclic) bond motifs is 1. The highest BCUT2D eigenvalue weighted by Crippen LogP contribution is 2.23. The van der Waals surface area contributed by atoms with Crippen molar-refractivity contribution in [3.63, 3.8) is 0 Å². The van der Waals surface area contributed by atoms with Crippen LogP contribution in [0.1, 0.15) is 36.7 Å². The van der Waals surface area contributed by atoms with Gasteiger partial charge in [-0.25, -0.2) is 4.98 Å². The molecule has 3 nitrogen and oxygen atoms in total. The van der Waals surface area contributed by atoms with E-state index < -0.39 is 0 Å². The van der Waals surface area contributed by atoms with Gasteiger partial charge in [0.25, 0.3) is 0 Å². The Morgan fingerprint density at radius 3 is 2.48 bits per heavy atom. The van der Waals surface area contributed by atoms with Crippen molar-refractivity contribution in [2.75, 3.05) is 5.73 Å². The summed E-state index contributed by atoms with van der Waals surface area (Å²) in [5, 5.41) is 0. The smallest absolute Gasteiger partial charge is 0.112 e. The van der Waals surface area contributed by atoms with Gasteiger partial charge in [-0.3, -0.25) is 0 Å². The third-order valence-electron chi connectivity index (χ3n) is 3.99. The summed E-state index contributed by atoms with van der Waals surface area (Å²) in [6.07, 6.45) is 0. The fourth-order valence-electron chi connectivity index (χ4n) is 2.67. The first-order chi connectivity index (χ1) is 10.1. The molecular formula is C18H21N3. The van der Waals surface area contributed by atoms with E-state index in [1.54, 1.807) is 0 Å². The number of hydrogen-bond donors (Lipinski definition) is 1. The van der Waals surface area contributed by atoms with Gasteiger partial charge in [0.1, 0.15) is 11.3 Å². The lowest BCUT2D eigenvalue weighted by atomic mass is 10.0. The van der Waals surface area contributed by atoms with Gasteiger partial charge < -0.3 is 10.3 Å². The largest absolute Gasteiger partial charge is 0.397 e. The maximum absolute atomic E-state index is 6.01. The Morgan fingerprint density at radius 1 is 1.10 bits per heavy atom. The summed E-state index contributed by atoms with van der Waals surface area (Å²) in [6, 6.07) is 14.8. The standard InChI is InChI=1S/C18H21N3/c1-12(2)15-9-7-14(8-10-15)11-21-13(3)20-18-16(19)5-4-6-17(18)21/h4-10,12H,11,19H2,1-3H3. The molecule has 3 rings (SSSR count). The highest BCUT2D eigenvalue weighted by atomic mass is 15.1. The number of hydrogen-bond acceptors (Lipinski definition) is 2. The SMILES string of the molecule is Cc1nc2c(N)cccc2n1Cc1ccc(C(C)C)cc1. The number of rotatable bonds is 3. The number of aromatic nitrogens is 2. The first kappa shape index (κ1) is 13.7. The summed E-state index contributed by atoms with van der Waals surface area (Å²) in [5.74, 6) is 1.56. The molecule has 3 heteroatoms. The van der Waals surface area contributed by atoms with E-state index in [4.69, 9.17) is 5.73 Å². The number of nitrogens with two attached hydrogens (primary N) is 1. The monoisotopic (exact) mass is 279 g/mol. The van der Waals surface area contributed by atoms with Crippen LogP contribution in [0.4, 0.5) is 5.69 Å². The molecule has 0 unspecified atom stereocenters. The zero-order valence-electron chi connectivity index (χ0n) is 12.8. The minimum Gasteiger partial charge on any atom is -0.397 e. The van der Waals surface area contributed by atoms with Gasteiger partial charge in [-0.05, 0) is 36.1 Å². The van der Waals surface area contributed by atoms with Crippen LogP contribution in [-0.4, -0.2) is 9.55 Å². The lowest BCUT2D eigenvalue weighted by molar-refractivity contribution is 0.783. The van der Waals surface area contributed by atoms with Crippen LogP contribution >= 0.6 is 0 Å². The number of benzene rings is 2. The normalized spacial score (nSPS) is 11.4. The number of para-hydroxylation sites is 1. The number of imidazole rings is 1. The third kappa shape index (κ3) is 2.51. The summed E-state index contributed by atoms with van der Waals surface area (Å²) in [7, 11) is 0. The van der Waals surface area contributed by atoms with Crippen LogP contribution in [0.5, 0.6) is 0 Å². The lowest BCUT2D eigenvalue weighted by Gasteiger charge is -2.10. The maximum atomic E-state index is 6.01. The Hall–Kier alpha value is -2.29. The summed E-state index contributed by atoms with van der Waals surface area (Å²) < 4.78 is 2.22. The topological polar surface area (TPSA) is 43.8 Å². The molecule has 0 aliphatic carbocycles. The van der Waals surface area contributed by atoms with E-state index in [0.29, 0.717) is 5.92 Å². The fraction of sp³-hybridized carbons (Fsp3) is 0.278. The first-order valence-corrected chi connectivity index (χ1v) is 7.36. The zero-order valence-corrected chi connectivity index (χ0v) is 12.8. The quantitative estimate of drug-likeness (QED) is 0.734. The Balaban J connectivity index is 1.98. The average molecular weight is 279 g/mol. The van der Waals surface area contributed by atoms with Gasteiger partial charge in [0.2, 0.25) is 0 Å². The van der Waals surface area contributed by atoms with Crippen molar-refractivity contribution < 1.29 is 0 Å². The summed E-state index contributed by atoms with van der Waals surface area (Å²) in [5.41, 5.74) is 11.4. The van der Waals surface area contributed by atoms with E-state index in [9.17, 15) is 0 Å². The Kier molecular flexibility index (Phi) is 3.42. The van der Waals surface area contributed by atoms with E-state index >= 15 is 0 Å². The van der Waals surface area contributed by atoms with Crippen LogP contribution in [0.15, 0.2) is 42.5 Å². The van der Waals surface area contributed by atoms with Crippen LogP contribution in [0.3, 0.4) is 0 Å². The van der Waals surface area contributed by atoms with Crippen LogP contribution < -0.4 is 5.73 Å². The van der Waals surface area contributed by atoms with Gasteiger partial charge in [0, 0.05) is 6.54 Å². The molecule has 0 aliphatic heterocycles. The van der Waals surface area contributed by atoms with Crippen molar-refractivity contribution in [2.45, 2.75) is 33.2 Å². The van der Waals surface area contributed by atoms with Crippen molar-refractivity contribution in [1.29, 1.82) is 0 Å². The molecule has 0 saturated heterocycles. The molecule has 2 N–H and O–H groups in total. The summed E-state index contributed by atoms with van der Waals surface area (Å²) in [4.78, 5) is 4.59. The number of aryl methyl sites for hydroxylation is 1. The van der Waals surface area contributed by atoms with E-state index in [1.165, 1.54) is 11.1 Å². The molecule has 0 fully saturated rings. The molecule has 0 amide bonds. The van der Waals surface area contributed by atoms with Gasteiger partial charge in [0.05, 0.1) is 11.2 Å². The predicted octanol–water partition coefficient (Wildman–Crippen LogP) is 4.10. The number of nitrogens with zero attached hydrogens (tertiary/aromatic N) is 2. The van der Waals surface area contributed by atoms with E-state index in [-0.39, 0.29) is 0 Å². The van der Waals surface area contributed by atoms with Gasteiger partial charge in [-0.1, -0.05) is 44.2 Å². The van der Waals surface area contributed by atoms with Crippen molar-refractivity contribution in [2.24, 2.45) is 0 Å². The Bertz CT molecular complexity index is 767. The molecule has 1 heterocycles. The molecule has 0 aliphatic rings. The molecule has 2 aromatic carbocycles. The molecule has 0 bridgehead atoms. The van der Waals surface area contributed by atoms with E-state index in [2.05, 4.69) is 53.7 Å². The molecule has 0 saturated carbocycles. The number of nitrogen functional groups attached to an aromatic ring is 1. The van der Waals surface area contributed by atoms with Crippen LogP contribution in [0.25, 0.3) is 11.0 Å². The lowest BCUT2D eigenvalue weighted by Crippen LogP contribution is -2.02. The molecule has 21 heavy (non-hydrogen) atoms. The second-order valence-electron chi connectivity index (χ2n) is 5.86. The second kappa shape index (κ2) is 5.24. The van der Waals surface area contributed by atoms with E-state index in [1.807, 2.05) is 19.1 Å². The van der Waals surface area contributed by atoms with Gasteiger partial charge >= 0.3 is 0 Å². The van der Waals surface area contributed by atoms with Crippen LogP contribution in [-0.2, 0) is 6.54 Å². The fourth-order valence-corrected chi connectivity index (χ4v) is 2.67. The highest BCUT2D eigenvalue weighted by Gasteiger charge is 2.10. The average Bonchev–Trinajstić information content (AvgIpc) is 2.78. The van der Waals surface area contributed by atoms with Gasteiger partial charge in [-0.15, -0.1) is 0 Å². The van der Waals surface area contributed by atoms with Crippen molar-refractivity contribution >= 4 is 16.7 Å². The maximum Gasteiger partial charge on any atom is 0.112 e. The molecule has 0 atom stereocenters. The molecule has 3 aromatic rings. The van der Waals surface area contributed by atoms with Crippen molar-refractivity contribution in [3.05, 3.63) is 59.4 Å². The minimum absolute atomic E-state index is 0.564. The minimum atomic E-state index is 0.564. The van der Waals surface area contributed by atoms with Crippen LogP contribution in [0.2, 0.25) is 0 Å². The molecule has 0 spiro atoms. The Morgan fingerprint density at radius 2 is 1.81 bits per heavy atom. The third-order valence-corrected chi connectivity index (χ3v) is 3.99. The molecular weight excluding hydrogens is 258 g/mol. The second-order valence-corrected chi connectivity index (χ2v) is 5.86. The van der Waals surface area contributed by atoms with Crippen LogP contribution in [0, 0.1) is 6.92 Å². The zero-order chi connectivity index (χ0) is 15.0. The molecule has 1 aromatic heterocycles. The predicted molar refractivity (Wildman–Crippen MR) is 88.5 cm³/mol. The molecule has 0 radical (unpaired) electrons. The summed E-state index contributed by atoms with van der Waals surface area (Å²) in [6.45, 7) is 7.28. The van der Waals surface area contributed by atoms with Crippen molar-refractivity contribution in [3.8, 4) is 0 Å². The first-order valence-electron chi connectivity index (χ1n) is 7.36. The Labute approximate surface area is 125 Å². The van der Waals surface area contributed by atoms with Gasteiger partial charge in [0.15, 0.2) is 0 Å². The molecule has 108 valence electrons. The van der Waals surface area contributed by atoms with Crippen molar-refractivity contribution in [1.82, 2.24) is 9.55 Å². The van der Waals surface area contributed by atoms with E-state index in [0.717, 1.165) is 29.1 Å².